The van der Waals surface area contributed by atoms with Crippen LogP contribution in [0.15, 0.2) is 6.33 Å². The van der Waals surface area contributed by atoms with Gasteiger partial charge in [-0.05, 0) is 13.8 Å². The fourth-order valence-electron chi connectivity index (χ4n) is 1.16. The third-order valence-electron chi connectivity index (χ3n) is 2.05. The number of carbonyl (C=O) groups excluding carboxylic acids is 1. The van der Waals surface area contributed by atoms with Crippen LogP contribution in [0, 0.1) is 6.92 Å². The van der Waals surface area contributed by atoms with Gasteiger partial charge in [0.15, 0.2) is 0 Å². The van der Waals surface area contributed by atoms with Crippen molar-refractivity contribution in [1.29, 1.82) is 0 Å². The summed E-state index contributed by atoms with van der Waals surface area (Å²) in [6.07, 6.45) is 1.69. The van der Waals surface area contributed by atoms with E-state index >= 15 is 0 Å². The smallest absolute Gasteiger partial charge is 0.307 e. The number of nitrogens with one attached hydrogen (secondary N) is 1. The van der Waals surface area contributed by atoms with Crippen LogP contribution in [0.4, 0.5) is 11.6 Å². The average Bonchev–Trinajstić information content (AvgIpc) is 2.25. The number of nitrogen functional groups attached to an aromatic ring is 1. The Morgan fingerprint density at radius 1 is 1.56 bits per heavy atom. The lowest BCUT2D eigenvalue weighted by atomic mass is 10.3. The van der Waals surface area contributed by atoms with E-state index in [4.69, 9.17) is 10.5 Å². The van der Waals surface area contributed by atoms with Crippen molar-refractivity contribution in [3.8, 4) is 0 Å². The van der Waals surface area contributed by atoms with E-state index in [1.165, 1.54) is 6.33 Å². The SMILES string of the molecule is CCOC(=O)CCNc1ncnc(N)c1C. The largest absolute Gasteiger partial charge is 0.466 e. The van der Waals surface area contributed by atoms with Gasteiger partial charge in [-0.15, -0.1) is 0 Å². The van der Waals surface area contributed by atoms with Crippen LogP contribution in [-0.4, -0.2) is 29.1 Å². The Morgan fingerprint density at radius 2 is 2.31 bits per heavy atom. The first-order valence-corrected chi connectivity index (χ1v) is 5.11. The molecule has 0 saturated heterocycles. The van der Waals surface area contributed by atoms with Crippen molar-refractivity contribution in [2.45, 2.75) is 20.3 Å². The van der Waals surface area contributed by atoms with Crippen molar-refractivity contribution >= 4 is 17.6 Å². The Balaban J connectivity index is 2.43. The predicted molar refractivity (Wildman–Crippen MR) is 60.9 cm³/mol. The minimum absolute atomic E-state index is 0.227. The molecule has 1 heterocycles. The molecule has 0 amide bonds. The number of aromatic nitrogens is 2. The van der Waals surface area contributed by atoms with Crippen molar-refractivity contribution < 1.29 is 9.53 Å². The number of rotatable bonds is 5. The van der Waals surface area contributed by atoms with E-state index in [1.54, 1.807) is 6.92 Å². The summed E-state index contributed by atoms with van der Waals surface area (Å²) < 4.78 is 4.80. The molecule has 0 aliphatic rings. The predicted octanol–water partition coefficient (Wildman–Crippen LogP) is 0.732. The number of hydrogen-bond donors (Lipinski definition) is 2. The maximum absolute atomic E-state index is 11.1. The van der Waals surface area contributed by atoms with Crippen LogP contribution in [0.25, 0.3) is 0 Å². The fourth-order valence-corrected chi connectivity index (χ4v) is 1.16. The third kappa shape index (κ3) is 3.38. The molecule has 0 aromatic carbocycles. The second-order valence-electron chi connectivity index (χ2n) is 3.21. The van der Waals surface area contributed by atoms with Crippen LogP contribution in [0.1, 0.15) is 18.9 Å². The lowest BCUT2D eigenvalue weighted by molar-refractivity contribution is -0.142. The zero-order chi connectivity index (χ0) is 12.0. The molecule has 6 nitrogen and oxygen atoms in total. The second kappa shape index (κ2) is 5.89. The highest BCUT2D eigenvalue weighted by atomic mass is 16.5. The van der Waals surface area contributed by atoms with Gasteiger partial charge in [-0.2, -0.15) is 0 Å². The second-order valence-corrected chi connectivity index (χ2v) is 3.21. The zero-order valence-electron chi connectivity index (χ0n) is 9.49. The molecule has 6 heteroatoms. The molecule has 1 aromatic heterocycles. The molecule has 3 N–H and O–H groups in total. The van der Waals surface area contributed by atoms with Gasteiger partial charge in [0.1, 0.15) is 18.0 Å². The molecule has 0 fully saturated rings. The molecule has 88 valence electrons. The van der Waals surface area contributed by atoms with Gasteiger partial charge < -0.3 is 15.8 Å². The van der Waals surface area contributed by atoms with E-state index in [0.29, 0.717) is 31.2 Å². The third-order valence-corrected chi connectivity index (χ3v) is 2.05. The Bertz CT molecular complexity index is 368. The lowest BCUT2D eigenvalue weighted by Crippen LogP contribution is -2.13. The van der Waals surface area contributed by atoms with Crippen LogP contribution in [0.3, 0.4) is 0 Å². The first-order valence-electron chi connectivity index (χ1n) is 5.11. The standard InChI is InChI=1S/C10H16N4O2/c1-3-16-8(15)4-5-12-10-7(2)9(11)13-6-14-10/h6H,3-5H2,1-2H3,(H3,11,12,13,14). The summed E-state index contributed by atoms with van der Waals surface area (Å²) in [5.74, 6) is 0.861. The number of nitrogens with two attached hydrogens (primary N) is 1. The van der Waals surface area contributed by atoms with Crippen LogP contribution in [-0.2, 0) is 9.53 Å². The number of ether oxygens (including phenoxy) is 1. The molecular weight excluding hydrogens is 208 g/mol. The minimum Gasteiger partial charge on any atom is -0.466 e. The Kier molecular flexibility index (Phi) is 4.50. The fraction of sp³-hybridized carbons (Fsp3) is 0.500. The Hall–Kier alpha value is -1.85. The first kappa shape index (κ1) is 12.2. The van der Waals surface area contributed by atoms with E-state index in [-0.39, 0.29) is 5.97 Å². The van der Waals surface area contributed by atoms with Gasteiger partial charge in [0.25, 0.3) is 0 Å². The maximum atomic E-state index is 11.1. The highest BCUT2D eigenvalue weighted by molar-refractivity contribution is 5.70. The van der Waals surface area contributed by atoms with E-state index < -0.39 is 0 Å². The van der Waals surface area contributed by atoms with Crippen LogP contribution in [0.5, 0.6) is 0 Å². The van der Waals surface area contributed by atoms with Gasteiger partial charge in [-0.25, -0.2) is 9.97 Å². The zero-order valence-corrected chi connectivity index (χ0v) is 9.49. The van der Waals surface area contributed by atoms with Gasteiger partial charge in [-0.1, -0.05) is 0 Å². The van der Waals surface area contributed by atoms with E-state index in [0.717, 1.165) is 5.56 Å². The molecule has 1 rings (SSSR count). The molecule has 0 atom stereocenters. The van der Waals surface area contributed by atoms with Crippen molar-refractivity contribution in [1.82, 2.24) is 9.97 Å². The minimum atomic E-state index is -0.227. The van der Waals surface area contributed by atoms with Crippen molar-refractivity contribution in [3.63, 3.8) is 0 Å². The molecule has 0 unspecified atom stereocenters. The summed E-state index contributed by atoms with van der Waals surface area (Å²) in [5, 5.41) is 3.01. The van der Waals surface area contributed by atoms with Crippen molar-refractivity contribution in [2.75, 3.05) is 24.2 Å². The maximum Gasteiger partial charge on any atom is 0.307 e. The van der Waals surface area contributed by atoms with Gasteiger partial charge >= 0.3 is 5.97 Å². The van der Waals surface area contributed by atoms with Gasteiger partial charge in [0.2, 0.25) is 0 Å². The molecule has 0 saturated carbocycles. The number of hydrogen-bond acceptors (Lipinski definition) is 6. The normalized spacial score (nSPS) is 9.88. The monoisotopic (exact) mass is 224 g/mol. The average molecular weight is 224 g/mol. The van der Waals surface area contributed by atoms with E-state index in [1.807, 2.05) is 6.92 Å². The number of nitrogens with zero attached hydrogens (tertiary/aromatic N) is 2. The molecular formula is C10H16N4O2. The highest BCUT2D eigenvalue weighted by Crippen LogP contribution is 2.14. The molecule has 1 aromatic rings. The first-order chi connectivity index (χ1) is 7.65. The summed E-state index contributed by atoms with van der Waals surface area (Å²) in [5.41, 5.74) is 6.40. The van der Waals surface area contributed by atoms with Gasteiger partial charge in [0, 0.05) is 12.1 Å². The van der Waals surface area contributed by atoms with Gasteiger partial charge in [-0.3, -0.25) is 4.79 Å². The topological polar surface area (TPSA) is 90.1 Å². The lowest BCUT2D eigenvalue weighted by Gasteiger charge is -2.08. The number of anilines is 2. The number of esters is 1. The quantitative estimate of drug-likeness (QED) is 0.717. The Labute approximate surface area is 94.2 Å². The Morgan fingerprint density at radius 3 is 3.00 bits per heavy atom. The van der Waals surface area contributed by atoms with Crippen molar-refractivity contribution in [3.05, 3.63) is 11.9 Å². The molecule has 0 aliphatic heterocycles. The van der Waals surface area contributed by atoms with Crippen LogP contribution < -0.4 is 11.1 Å². The van der Waals surface area contributed by atoms with E-state index in [2.05, 4.69) is 15.3 Å². The van der Waals surface area contributed by atoms with Gasteiger partial charge in [0.05, 0.1) is 13.0 Å². The van der Waals surface area contributed by atoms with Crippen LogP contribution >= 0.6 is 0 Å². The summed E-state index contributed by atoms with van der Waals surface area (Å²) in [4.78, 5) is 18.9. The van der Waals surface area contributed by atoms with E-state index in [9.17, 15) is 4.79 Å². The van der Waals surface area contributed by atoms with Crippen molar-refractivity contribution in [2.24, 2.45) is 0 Å². The molecule has 0 bridgehead atoms. The summed E-state index contributed by atoms with van der Waals surface area (Å²) >= 11 is 0. The summed E-state index contributed by atoms with van der Waals surface area (Å²) in [6, 6.07) is 0. The molecule has 0 spiro atoms. The molecule has 0 radical (unpaired) electrons. The van der Waals surface area contributed by atoms with Crippen LogP contribution in [0.2, 0.25) is 0 Å². The highest BCUT2D eigenvalue weighted by Gasteiger charge is 2.05. The number of carbonyl (C=O) groups is 1. The summed E-state index contributed by atoms with van der Waals surface area (Å²) in [7, 11) is 0. The molecule has 16 heavy (non-hydrogen) atoms. The molecule has 0 aliphatic carbocycles. The summed E-state index contributed by atoms with van der Waals surface area (Å²) in [6.45, 7) is 4.47.